The number of nitrogens with zero attached hydrogens (tertiary/aromatic N) is 3. The normalized spacial score (nSPS) is 11.4. The second-order valence-corrected chi connectivity index (χ2v) is 8.60. The van der Waals surface area contributed by atoms with E-state index in [0.29, 0.717) is 22.8 Å². The molecule has 2 heterocycles. The quantitative estimate of drug-likeness (QED) is 0.255. The van der Waals surface area contributed by atoms with Crippen molar-refractivity contribution in [2.75, 3.05) is 16.4 Å². The number of anilines is 3. The molecule has 0 spiro atoms. The van der Waals surface area contributed by atoms with Gasteiger partial charge in [-0.05, 0) is 35.4 Å². The molecule has 10 heteroatoms. The number of hydrogen-bond donors (Lipinski definition) is 4. The molecule has 33 heavy (non-hydrogen) atoms. The maximum absolute atomic E-state index is 12.3. The summed E-state index contributed by atoms with van der Waals surface area (Å²) in [4.78, 5) is 27.3. The number of urea groups is 1. The zero-order chi connectivity index (χ0) is 23.8. The Morgan fingerprint density at radius 1 is 1.06 bits per heavy atom. The lowest BCUT2D eigenvalue weighted by Crippen LogP contribution is -2.19. The molecule has 0 radical (unpaired) electrons. The Bertz CT molecular complexity index is 1350. The number of hydrogen-bond acceptors (Lipinski definition) is 6. The van der Waals surface area contributed by atoms with Crippen LogP contribution in [0.3, 0.4) is 0 Å². The number of aromatic amines is 1. The Hall–Kier alpha value is -4.47. The number of nitrogen functional groups attached to an aromatic ring is 1. The van der Waals surface area contributed by atoms with E-state index in [-0.39, 0.29) is 11.1 Å². The van der Waals surface area contributed by atoms with Crippen LogP contribution in [0.15, 0.2) is 54.6 Å². The molecule has 0 saturated heterocycles. The summed E-state index contributed by atoms with van der Waals surface area (Å²) in [6.07, 6.45) is 0. The molecule has 0 saturated carbocycles. The lowest BCUT2D eigenvalue weighted by molar-refractivity contribution is -0.384. The number of carbonyl (C=O) groups excluding carboxylic acids is 1. The molecule has 0 bridgehead atoms. The average molecular weight is 445 g/mol. The van der Waals surface area contributed by atoms with Gasteiger partial charge in [-0.3, -0.25) is 15.2 Å². The number of non-ortho nitro benzene ring substituents is 1. The molecule has 168 valence electrons. The van der Waals surface area contributed by atoms with Crippen LogP contribution in [-0.2, 0) is 5.41 Å². The summed E-state index contributed by atoms with van der Waals surface area (Å²) in [5, 5.41) is 24.0. The predicted octanol–water partition coefficient (Wildman–Crippen LogP) is 5.06. The summed E-state index contributed by atoms with van der Waals surface area (Å²) >= 11 is 0. The molecule has 0 unspecified atom stereocenters. The minimum Gasteiger partial charge on any atom is -0.383 e. The van der Waals surface area contributed by atoms with Crippen molar-refractivity contribution in [1.82, 2.24) is 15.2 Å². The van der Waals surface area contributed by atoms with Crippen molar-refractivity contribution in [3.05, 3.63) is 70.4 Å². The van der Waals surface area contributed by atoms with Crippen molar-refractivity contribution in [1.29, 1.82) is 0 Å². The Balaban J connectivity index is 1.57. The summed E-state index contributed by atoms with van der Waals surface area (Å²) in [5.41, 5.74) is 9.93. The van der Waals surface area contributed by atoms with Crippen LogP contribution in [0.25, 0.3) is 22.2 Å². The number of benzene rings is 2. The third kappa shape index (κ3) is 4.59. The van der Waals surface area contributed by atoms with Crippen molar-refractivity contribution < 1.29 is 9.72 Å². The number of aromatic nitrogens is 3. The van der Waals surface area contributed by atoms with Gasteiger partial charge in [-0.15, -0.1) is 0 Å². The van der Waals surface area contributed by atoms with Crippen molar-refractivity contribution >= 4 is 39.9 Å². The summed E-state index contributed by atoms with van der Waals surface area (Å²) in [6, 6.07) is 14.5. The van der Waals surface area contributed by atoms with Crippen molar-refractivity contribution in [2.45, 2.75) is 26.2 Å². The van der Waals surface area contributed by atoms with Crippen LogP contribution in [0.2, 0.25) is 0 Å². The Morgan fingerprint density at radius 3 is 2.42 bits per heavy atom. The highest BCUT2D eigenvalue weighted by atomic mass is 16.6. The Kier molecular flexibility index (Phi) is 5.42. The highest BCUT2D eigenvalue weighted by molar-refractivity contribution is 6.02. The summed E-state index contributed by atoms with van der Waals surface area (Å²) in [7, 11) is 0. The van der Waals surface area contributed by atoms with Crippen LogP contribution < -0.4 is 16.4 Å². The fourth-order valence-corrected chi connectivity index (χ4v) is 3.38. The standard InChI is InChI=1S/C23H23N7O3/c1-23(2,3)18-12-17(19-20(24)28-29-21(19)27-18)13-7-9-14(10-8-13)25-22(31)26-15-5-4-6-16(11-15)30(32)33/h4-12H,1-3H3,(H2,25,26,31)(H3,24,27,28,29). The number of nitro benzene ring substituents is 1. The molecule has 0 aliphatic rings. The molecule has 2 amide bonds. The first-order valence-electron chi connectivity index (χ1n) is 10.2. The van der Waals surface area contributed by atoms with Gasteiger partial charge >= 0.3 is 6.03 Å². The van der Waals surface area contributed by atoms with Gasteiger partial charge in [0.1, 0.15) is 5.82 Å². The molecule has 5 N–H and O–H groups in total. The summed E-state index contributed by atoms with van der Waals surface area (Å²) < 4.78 is 0. The Morgan fingerprint density at radius 2 is 1.76 bits per heavy atom. The largest absolute Gasteiger partial charge is 0.383 e. The maximum Gasteiger partial charge on any atom is 0.323 e. The van der Waals surface area contributed by atoms with Gasteiger partial charge in [-0.25, -0.2) is 9.78 Å². The first-order chi connectivity index (χ1) is 15.6. The lowest BCUT2D eigenvalue weighted by atomic mass is 9.89. The smallest absolute Gasteiger partial charge is 0.323 e. The van der Waals surface area contributed by atoms with E-state index in [1.807, 2.05) is 18.2 Å². The zero-order valence-electron chi connectivity index (χ0n) is 18.3. The van der Waals surface area contributed by atoms with Gasteiger partial charge in [-0.1, -0.05) is 39.0 Å². The van der Waals surface area contributed by atoms with Crippen molar-refractivity contribution in [3.8, 4) is 11.1 Å². The van der Waals surface area contributed by atoms with Gasteiger partial charge in [0.2, 0.25) is 0 Å². The number of carbonyl (C=O) groups is 1. The Labute approximate surface area is 189 Å². The van der Waals surface area contributed by atoms with Gasteiger partial charge in [0.25, 0.3) is 5.69 Å². The lowest BCUT2D eigenvalue weighted by Gasteiger charge is -2.19. The third-order valence-electron chi connectivity index (χ3n) is 5.09. The number of nitro groups is 1. The molecule has 2 aromatic carbocycles. The fraction of sp³-hybridized carbons (Fsp3) is 0.174. The topological polar surface area (TPSA) is 152 Å². The number of nitrogens with one attached hydrogen (secondary N) is 3. The summed E-state index contributed by atoms with van der Waals surface area (Å²) in [6.45, 7) is 6.23. The minimum atomic E-state index is -0.518. The fourth-order valence-electron chi connectivity index (χ4n) is 3.38. The van der Waals surface area contributed by atoms with Gasteiger partial charge in [-0.2, -0.15) is 5.10 Å². The SMILES string of the molecule is CC(C)(C)c1cc(-c2ccc(NC(=O)Nc3cccc([N+](=O)[O-])c3)cc2)c2c(N)[nH]nc2n1. The van der Waals surface area contributed by atoms with Gasteiger partial charge in [0.05, 0.1) is 10.3 Å². The van der Waals surface area contributed by atoms with Crippen LogP contribution in [0.1, 0.15) is 26.5 Å². The molecule has 4 aromatic rings. The molecule has 0 fully saturated rings. The molecule has 10 nitrogen and oxygen atoms in total. The second kappa shape index (κ2) is 8.23. The van der Waals surface area contributed by atoms with E-state index in [2.05, 4.69) is 46.6 Å². The van der Waals surface area contributed by atoms with Crippen molar-refractivity contribution in [2.24, 2.45) is 0 Å². The van der Waals surface area contributed by atoms with E-state index in [0.717, 1.165) is 22.2 Å². The number of fused-ring (bicyclic) bond motifs is 1. The number of rotatable bonds is 4. The van der Waals surface area contributed by atoms with Crippen molar-refractivity contribution in [3.63, 3.8) is 0 Å². The van der Waals surface area contributed by atoms with Crippen LogP contribution in [0, 0.1) is 10.1 Å². The van der Waals surface area contributed by atoms with E-state index in [1.54, 1.807) is 18.2 Å². The first kappa shape index (κ1) is 21.8. The molecule has 0 aliphatic carbocycles. The first-order valence-corrected chi connectivity index (χ1v) is 10.2. The number of pyridine rings is 1. The third-order valence-corrected chi connectivity index (χ3v) is 5.09. The van der Waals surface area contributed by atoms with Gasteiger partial charge in [0, 0.05) is 34.6 Å². The molecule has 2 aromatic heterocycles. The van der Waals surface area contributed by atoms with Crippen LogP contribution >= 0.6 is 0 Å². The highest BCUT2D eigenvalue weighted by Crippen LogP contribution is 2.34. The van der Waals surface area contributed by atoms with Gasteiger partial charge in [0.15, 0.2) is 5.65 Å². The predicted molar refractivity (Wildman–Crippen MR) is 128 cm³/mol. The summed E-state index contributed by atoms with van der Waals surface area (Å²) in [5.74, 6) is 0.437. The highest BCUT2D eigenvalue weighted by Gasteiger charge is 2.21. The minimum absolute atomic E-state index is 0.103. The number of nitrogens with two attached hydrogens (primary N) is 1. The molecular weight excluding hydrogens is 422 g/mol. The van der Waals surface area contributed by atoms with E-state index >= 15 is 0 Å². The number of H-pyrrole nitrogens is 1. The molecular formula is C23H23N7O3. The maximum atomic E-state index is 12.3. The average Bonchev–Trinajstić information content (AvgIpc) is 3.14. The molecule has 0 atom stereocenters. The van der Waals surface area contributed by atoms with Crippen LogP contribution in [0.4, 0.5) is 27.7 Å². The van der Waals surface area contributed by atoms with Crippen LogP contribution in [-0.4, -0.2) is 26.1 Å². The number of amides is 2. The van der Waals surface area contributed by atoms with E-state index in [9.17, 15) is 14.9 Å². The van der Waals surface area contributed by atoms with E-state index < -0.39 is 11.0 Å². The van der Waals surface area contributed by atoms with E-state index in [1.165, 1.54) is 18.2 Å². The van der Waals surface area contributed by atoms with Crippen LogP contribution in [0.5, 0.6) is 0 Å². The molecule has 0 aliphatic heterocycles. The zero-order valence-corrected chi connectivity index (χ0v) is 18.3. The van der Waals surface area contributed by atoms with E-state index in [4.69, 9.17) is 5.73 Å². The molecule has 4 rings (SSSR count). The second-order valence-electron chi connectivity index (χ2n) is 8.60. The van der Waals surface area contributed by atoms with Gasteiger partial charge < -0.3 is 16.4 Å². The monoisotopic (exact) mass is 445 g/mol.